The smallest absolute Gasteiger partial charge is 0.382 e. The average Bonchev–Trinajstić information content (AvgIpc) is 3.08. The van der Waals surface area contributed by atoms with Crippen molar-refractivity contribution in [3.63, 3.8) is 0 Å². The molecule has 0 aromatic carbocycles. The van der Waals surface area contributed by atoms with Gasteiger partial charge in [0, 0.05) is 23.2 Å². The molecule has 0 aliphatic heterocycles. The van der Waals surface area contributed by atoms with Crippen LogP contribution in [0.3, 0.4) is 0 Å². The Morgan fingerprint density at radius 1 is 1.20 bits per heavy atom. The van der Waals surface area contributed by atoms with Gasteiger partial charge in [-0.3, -0.25) is 0 Å². The van der Waals surface area contributed by atoms with E-state index in [4.69, 9.17) is 5.73 Å². The van der Waals surface area contributed by atoms with Crippen LogP contribution in [0.1, 0.15) is 36.3 Å². The van der Waals surface area contributed by atoms with Crippen molar-refractivity contribution >= 4 is 28.1 Å². The number of hydrogen-bond donors (Lipinski definition) is 2. The van der Waals surface area contributed by atoms with Crippen LogP contribution in [0.2, 0.25) is 0 Å². The van der Waals surface area contributed by atoms with E-state index >= 15 is 0 Å². The number of anilines is 1. The van der Waals surface area contributed by atoms with E-state index in [1.54, 1.807) is 5.38 Å². The number of nitrogen functional groups attached to an aromatic ring is 1. The van der Waals surface area contributed by atoms with Crippen LogP contribution in [0.15, 0.2) is 23.8 Å². The third-order valence-electron chi connectivity index (χ3n) is 4.02. The minimum Gasteiger partial charge on any atom is -0.382 e. The van der Waals surface area contributed by atoms with E-state index in [2.05, 4.69) is 19.9 Å². The van der Waals surface area contributed by atoms with E-state index in [0.717, 1.165) is 0 Å². The number of alkyl halides is 3. The number of nitrogens with zero attached hydrogens (tertiary/aromatic N) is 4. The Hall–Kier alpha value is -2.33. The standard InChI is InChI=1S/C15H14F3N5OS/c1-7(14(2,24)13-21-5-6-25-13)12-22-9-8(3-4-20-11(9)19)10(23-12)15(16,17)18/h3-7,24H,1-2H3,(H2,19,20). The summed E-state index contributed by atoms with van der Waals surface area (Å²) < 4.78 is 40.3. The van der Waals surface area contributed by atoms with Crippen molar-refractivity contribution in [2.24, 2.45) is 0 Å². The summed E-state index contributed by atoms with van der Waals surface area (Å²) in [6.45, 7) is 3.00. The molecule has 0 saturated heterocycles. The Balaban J connectivity index is 2.22. The summed E-state index contributed by atoms with van der Waals surface area (Å²) in [5.41, 5.74) is 2.96. The number of nitrogens with two attached hydrogens (primary N) is 1. The molecule has 0 aliphatic rings. The normalized spacial score (nSPS) is 15.9. The van der Waals surface area contributed by atoms with Crippen molar-refractivity contribution < 1.29 is 18.3 Å². The molecule has 3 aromatic rings. The molecule has 25 heavy (non-hydrogen) atoms. The molecule has 0 saturated carbocycles. The molecule has 3 rings (SSSR count). The van der Waals surface area contributed by atoms with Gasteiger partial charge in [-0.1, -0.05) is 6.92 Å². The third-order valence-corrected chi connectivity index (χ3v) is 5.02. The van der Waals surface area contributed by atoms with Gasteiger partial charge in [-0.05, 0) is 13.0 Å². The third kappa shape index (κ3) is 3.02. The monoisotopic (exact) mass is 369 g/mol. The zero-order valence-electron chi connectivity index (χ0n) is 13.2. The zero-order chi connectivity index (χ0) is 18.4. The second-order valence-corrected chi connectivity index (χ2v) is 6.62. The molecule has 0 radical (unpaired) electrons. The van der Waals surface area contributed by atoms with Crippen LogP contribution in [0.4, 0.5) is 19.0 Å². The number of aromatic nitrogens is 4. The van der Waals surface area contributed by atoms with E-state index in [0.29, 0.717) is 5.01 Å². The molecule has 6 nitrogen and oxygen atoms in total. The number of fused-ring (bicyclic) bond motifs is 1. The Labute approximate surface area is 144 Å². The van der Waals surface area contributed by atoms with Gasteiger partial charge < -0.3 is 10.8 Å². The van der Waals surface area contributed by atoms with Gasteiger partial charge in [0.2, 0.25) is 0 Å². The number of thiazole rings is 1. The fourth-order valence-corrected chi connectivity index (χ4v) is 3.20. The van der Waals surface area contributed by atoms with Gasteiger partial charge in [-0.25, -0.2) is 19.9 Å². The van der Waals surface area contributed by atoms with E-state index < -0.39 is 23.4 Å². The van der Waals surface area contributed by atoms with Crippen LogP contribution in [-0.2, 0) is 11.8 Å². The first-order valence-corrected chi connectivity index (χ1v) is 8.12. The number of rotatable bonds is 3. The Morgan fingerprint density at radius 2 is 1.92 bits per heavy atom. The maximum atomic E-state index is 13.4. The summed E-state index contributed by atoms with van der Waals surface area (Å²) in [5.74, 6) is -1.17. The fourth-order valence-electron chi connectivity index (χ4n) is 2.41. The summed E-state index contributed by atoms with van der Waals surface area (Å²) >= 11 is 1.19. The molecule has 3 N–H and O–H groups in total. The summed E-state index contributed by atoms with van der Waals surface area (Å²) in [4.78, 5) is 15.7. The van der Waals surface area contributed by atoms with E-state index in [9.17, 15) is 18.3 Å². The van der Waals surface area contributed by atoms with Gasteiger partial charge in [0.1, 0.15) is 27.8 Å². The van der Waals surface area contributed by atoms with E-state index in [-0.39, 0.29) is 22.5 Å². The second kappa shape index (κ2) is 5.88. The first-order valence-electron chi connectivity index (χ1n) is 7.24. The van der Waals surface area contributed by atoms with Crippen molar-refractivity contribution in [3.8, 4) is 0 Å². The topological polar surface area (TPSA) is 97.8 Å². The summed E-state index contributed by atoms with van der Waals surface area (Å²) in [5, 5.41) is 12.6. The van der Waals surface area contributed by atoms with Crippen LogP contribution >= 0.6 is 11.3 Å². The van der Waals surface area contributed by atoms with Crippen LogP contribution in [-0.4, -0.2) is 25.0 Å². The minimum absolute atomic E-state index is 0.0957. The van der Waals surface area contributed by atoms with Gasteiger partial charge >= 0.3 is 6.18 Å². The van der Waals surface area contributed by atoms with Gasteiger partial charge in [-0.15, -0.1) is 11.3 Å². The largest absolute Gasteiger partial charge is 0.434 e. The van der Waals surface area contributed by atoms with Crippen LogP contribution in [0.5, 0.6) is 0 Å². The number of halogens is 3. The van der Waals surface area contributed by atoms with E-state index in [1.165, 1.54) is 43.6 Å². The lowest BCUT2D eigenvalue weighted by molar-refractivity contribution is -0.140. The molecule has 3 aromatic heterocycles. The molecule has 0 fully saturated rings. The van der Waals surface area contributed by atoms with Crippen LogP contribution < -0.4 is 5.73 Å². The molecule has 0 aliphatic carbocycles. The maximum Gasteiger partial charge on any atom is 0.434 e. The quantitative estimate of drug-likeness (QED) is 0.736. The Bertz CT molecular complexity index is 911. The SMILES string of the molecule is CC(c1nc(C(F)(F)F)c2ccnc(N)c2n1)C(C)(O)c1nccs1. The van der Waals surface area contributed by atoms with Crippen LogP contribution in [0.25, 0.3) is 10.9 Å². The van der Waals surface area contributed by atoms with Crippen molar-refractivity contribution in [2.45, 2.75) is 31.5 Å². The van der Waals surface area contributed by atoms with Crippen molar-refractivity contribution in [1.29, 1.82) is 0 Å². The second-order valence-electron chi connectivity index (χ2n) is 5.73. The van der Waals surface area contributed by atoms with Gasteiger partial charge in [0.05, 0.1) is 5.92 Å². The number of hydrogen-bond acceptors (Lipinski definition) is 7. The Morgan fingerprint density at radius 3 is 2.52 bits per heavy atom. The summed E-state index contributed by atoms with van der Waals surface area (Å²) in [7, 11) is 0. The molecule has 132 valence electrons. The zero-order valence-corrected chi connectivity index (χ0v) is 14.1. The predicted molar refractivity (Wildman–Crippen MR) is 86.8 cm³/mol. The molecule has 2 atom stereocenters. The Kier molecular flexibility index (Phi) is 4.12. The molecule has 0 bridgehead atoms. The van der Waals surface area contributed by atoms with Crippen molar-refractivity contribution in [2.75, 3.05) is 5.73 Å². The average molecular weight is 369 g/mol. The molecule has 0 spiro atoms. The van der Waals surface area contributed by atoms with Crippen LogP contribution in [0, 0.1) is 0 Å². The highest BCUT2D eigenvalue weighted by Crippen LogP contribution is 2.39. The molecule has 2 unspecified atom stereocenters. The molecule has 3 heterocycles. The molecular formula is C15H14F3N5OS. The lowest BCUT2D eigenvalue weighted by Gasteiger charge is -2.27. The van der Waals surface area contributed by atoms with Gasteiger partial charge in [0.25, 0.3) is 0 Å². The van der Waals surface area contributed by atoms with Gasteiger partial charge in [-0.2, -0.15) is 13.2 Å². The highest BCUT2D eigenvalue weighted by molar-refractivity contribution is 7.09. The summed E-state index contributed by atoms with van der Waals surface area (Å²) in [6.07, 6.45) is -2.02. The van der Waals surface area contributed by atoms with Gasteiger partial charge in [0.15, 0.2) is 5.69 Å². The number of aliphatic hydroxyl groups is 1. The van der Waals surface area contributed by atoms with Crippen molar-refractivity contribution in [1.82, 2.24) is 19.9 Å². The highest BCUT2D eigenvalue weighted by atomic mass is 32.1. The fraction of sp³-hybridized carbons (Fsp3) is 0.333. The first kappa shape index (κ1) is 17.5. The molecule has 10 heteroatoms. The highest BCUT2D eigenvalue weighted by Gasteiger charge is 2.40. The summed E-state index contributed by atoms with van der Waals surface area (Å²) in [6, 6.07) is 1.17. The lowest BCUT2D eigenvalue weighted by atomic mass is 9.90. The van der Waals surface area contributed by atoms with Crippen molar-refractivity contribution in [3.05, 3.63) is 40.4 Å². The minimum atomic E-state index is -4.70. The first-order chi connectivity index (χ1) is 11.6. The maximum absolute atomic E-state index is 13.4. The number of pyridine rings is 1. The molecular weight excluding hydrogens is 355 g/mol. The molecule has 0 amide bonds. The lowest BCUT2D eigenvalue weighted by Crippen LogP contribution is -2.30. The predicted octanol–water partition coefficient (Wildman–Crippen LogP) is 3.09. The van der Waals surface area contributed by atoms with E-state index in [1.807, 2.05) is 0 Å².